The van der Waals surface area contributed by atoms with Gasteiger partial charge in [0.05, 0.1) is 11.3 Å². The maximum Gasteiger partial charge on any atom is 0.335 e. The lowest BCUT2D eigenvalue weighted by Gasteiger charge is -2.29. The lowest BCUT2D eigenvalue weighted by atomic mass is 10.1. The van der Waals surface area contributed by atoms with Crippen molar-refractivity contribution >= 4 is 58.5 Å². The van der Waals surface area contributed by atoms with E-state index < -0.39 is 17.8 Å². The zero-order valence-corrected chi connectivity index (χ0v) is 14.7. The van der Waals surface area contributed by atoms with Gasteiger partial charge < -0.3 is 5.11 Å². The number of rotatable bonds is 3. The molecule has 1 aliphatic rings. The summed E-state index contributed by atoms with van der Waals surface area (Å²) in [6.45, 7) is 0. The topological polar surface area (TPSA) is 86.7 Å². The number of carbonyl (C=O) groups excluding carboxylic acids is 2. The molecular formula is C18H11ClN2O4S. The first kappa shape index (κ1) is 17.8. The lowest BCUT2D eigenvalue weighted by molar-refractivity contribution is -0.122. The summed E-state index contributed by atoms with van der Waals surface area (Å²) < 4.78 is 0. The van der Waals surface area contributed by atoms with E-state index in [4.69, 9.17) is 28.9 Å². The highest BCUT2D eigenvalue weighted by molar-refractivity contribution is 7.80. The molecule has 1 aliphatic heterocycles. The van der Waals surface area contributed by atoms with Crippen molar-refractivity contribution < 1.29 is 19.5 Å². The average molecular weight is 387 g/mol. The van der Waals surface area contributed by atoms with Gasteiger partial charge in [0, 0.05) is 5.02 Å². The Hall–Kier alpha value is -3.03. The van der Waals surface area contributed by atoms with Crippen molar-refractivity contribution in [1.29, 1.82) is 0 Å². The molecule has 1 fully saturated rings. The summed E-state index contributed by atoms with van der Waals surface area (Å²) in [5.41, 5.74) is 0.573. The van der Waals surface area contributed by atoms with Gasteiger partial charge in [-0.2, -0.15) is 0 Å². The van der Waals surface area contributed by atoms with Gasteiger partial charge in [0.25, 0.3) is 11.8 Å². The second-order valence-corrected chi connectivity index (χ2v) is 6.13. The molecule has 2 aromatic carbocycles. The normalized spacial score (nSPS) is 16.0. The third-order valence-corrected chi connectivity index (χ3v) is 4.29. The summed E-state index contributed by atoms with van der Waals surface area (Å²) >= 11 is 11.2. The first-order valence-corrected chi connectivity index (χ1v) is 8.16. The second-order valence-electron chi connectivity index (χ2n) is 5.33. The highest BCUT2D eigenvalue weighted by Crippen LogP contribution is 2.25. The second kappa shape index (κ2) is 7.07. The predicted octanol–water partition coefficient (Wildman–Crippen LogP) is 2.87. The largest absolute Gasteiger partial charge is 0.478 e. The molecule has 0 aromatic heterocycles. The number of nitrogens with one attached hydrogen (secondary N) is 1. The highest BCUT2D eigenvalue weighted by Gasteiger charge is 2.34. The minimum Gasteiger partial charge on any atom is -0.478 e. The van der Waals surface area contributed by atoms with E-state index >= 15 is 0 Å². The molecule has 1 heterocycles. The molecule has 3 rings (SSSR count). The van der Waals surface area contributed by atoms with Crippen LogP contribution in [0.5, 0.6) is 0 Å². The molecule has 0 bridgehead atoms. The number of hydrogen-bond donors (Lipinski definition) is 2. The van der Waals surface area contributed by atoms with E-state index in [-0.39, 0.29) is 21.9 Å². The first-order valence-electron chi connectivity index (χ1n) is 7.38. The third-order valence-electron chi connectivity index (χ3n) is 3.66. The van der Waals surface area contributed by atoms with Crippen molar-refractivity contribution in [2.24, 2.45) is 0 Å². The summed E-state index contributed by atoms with van der Waals surface area (Å²) in [7, 11) is 0. The SMILES string of the molecule is O=C1NC(=S)N(c2cccc(C(=O)O)c2)C(=O)C1=Cc1ccccc1Cl. The van der Waals surface area contributed by atoms with E-state index in [0.29, 0.717) is 10.6 Å². The summed E-state index contributed by atoms with van der Waals surface area (Å²) in [6.07, 6.45) is 1.37. The number of halogens is 1. The fourth-order valence-corrected chi connectivity index (χ4v) is 2.89. The monoisotopic (exact) mass is 386 g/mol. The van der Waals surface area contributed by atoms with Gasteiger partial charge in [0.1, 0.15) is 5.57 Å². The number of thiocarbonyl (C=S) groups is 1. The van der Waals surface area contributed by atoms with Crippen molar-refractivity contribution in [1.82, 2.24) is 5.32 Å². The Morgan fingerprint density at radius 1 is 1.15 bits per heavy atom. The number of benzene rings is 2. The summed E-state index contributed by atoms with van der Waals surface area (Å²) in [6, 6.07) is 12.5. The summed E-state index contributed by atoms with van der Waals surface area (Å²) in [4.78, 5) is 37.3. The van der Waals surface area contributed by atoms with Gasteiger partial charge in [-0.3, -0.25) is 19.8 Å². The van der Waals surface area contributed by atoms with Crippen molar-refractivity contribution in [3.8, 4) is 0 Å². The Kier molecular flexibility index (Phi) is 4.83. The smallest absolute Gasteiger partial charge is 0.335 e. The third kappa shape index (κ3) is 3.35. The van der Waals surface area contributed by atoms with Crippen LogP contribution in [0.1, 0.15) is 15.9 Å². The molecule has 130 valence electrons. The van der Waals surface area contributed by atoms with Crippen LogP contribution in [-0.2, 0) is 9.59 Å². The van der Waals surface area contributed by atoms with Crippen molar-refractivity contribution in [3.63, 3.8) is 0 Å². The Balaban J connectivity index is 2.05. The molecule has 1 saturated heterocycles. The Morgan fingerprint density at radius 2 is 1.88 bits per heavy atom. The maximum absolute atomic E-state index is 12.9. The van der Waals surface area contributed by atoms with E-state index in [2.05, 4.69) is 5.32 Å². The molecule has 0 unspecified atom stereocenters. The van der Waals surface area contributed by atoms with Gasteiger partial charge in [0.2, 0.25) is 0 Å². The number of amides is 2. The van der Waals surface area contributed by atoms with Crippen molar-refractivity contribution in [3.05, 3.63) is 70.3 Å². The van der Waals surface area contributed by atoms with E-state index in [1.165, 1.54) is 30.3 Å². The van der Waals surface area contributed by atoms with Crippen LogP contribution < -0.4 is 10.2 Å². The molecule has 0 saturated carbocycles. The van der Waals surface area contributed by atoms with Crippen molar-refractivity contribution in [2.45, 2.75) is 0 Å². The van der Waals surface area contributed by atoms with Crippen LogP contribution in [0.4, 0.5) is 5.69 Å². The Bertz CT molecular complexity index is 987. The van der Waals surface area contributed by atoms with Crippen LogP contribution in [0.3, 0.4) is 0 Å². The quantitative estimate of drug-likeness (QED) is 0.481. The molecule has 26 heavy (non-hydrogen) atoms. The number of nitrogens with zero attached hydrogens (tertiary/aromatic N) is 1. The molecule has 8 heteroatoms. The number of hydrogen-bond acceptors (Lipinski definition) is 4. The summed E-state index contributed by atoms with van der Waals surface area (Å²) in [5, 5.41) is 11.8. The maximum atomic E-state index is 12.9. The van der Waals surface area contributed by atoms with Crippen LogP contribution in [0.2, 0.25) is 5.02 Å². The number of carboxylic acid groups (broad SMARTS) is 1. The Labute approximate surface area is 158 Å². The minimum absolute atomic E-state index is 0.00775. The lowest BCUT2D eigenvalue weighted by Crippen LogP contribution is -2.54. The standard InChI is InChI=1S/C18H11ClN2O4S/c19-14-7-2-1-4-10(14)9-13-15(22)20-18(26)21(16(13)23)12-6-3-5-11(8-12)17(24)25/h1-9H,(H,24,25)(H,20,22,26). The molecule has 2 N–H and O–H groups in total. The van der Waals surface area contributed by atoms with Gasteiger partial charge in [-0.25, -0.2) is 4.79 Å². The van der Waals surface area contributed by atoms with Gasteiger partial charge >= 0.3 is 5.97 Å². The molecular weight excluding hydrogens is 376 g/mol. The van der Waals surface area contributed by atoms with Gasteiger partial charge in [-0.15, -0.1) is 0 Å². The van der Waals surface area contributed by atoms with Gasteiger partial charge in [-0.05, 0) is 48.1 Å². The zero-order chi connectivity index (χ0) is 18.8. The van der Waals surface area contributed by atoms with E-state index in [1.54, 1.807) is 24.3 Å². The molecule has 0 atom stereocenters. The van der Waals surface area contributed by atoms with Crippen LogP contribution in [0.25, 0.3) is 6.08 Å². The number of carbonyl (C=O) groups is 3. The van der Waals surface area contributed by atoms with E-state index in [1.807, 2.05) is 0 Å². The molecule has 2 amide bonds. The molecule has 0 spiro atoms. The number of carboxylic acids is 1. The molecule has 0 radical (unpaired) electrons. The zero-order valence-electron chi connectivity index (χ0n) is 13.1. The van der Waals surface area contributed by atoms with Crippen LogP contribution in [0, 0.1) is 0 Å². The van der Waals surface area contributed by atoms with Gasteiger partial charge in [-0.1, -0.05) is 35.9 Å². The van der Waals surface area contributed by atoms with Crippen LogP contribution in [-0.4, -0.2) is 28.0 Å². The van der Waals surface area contributed by atoms with E-state index in [9.17, 15) is 14.4 Å². The molecule has 2 aromatic rings. The molecule has 0 aliphatic carbocycles. The minimum atomic E-state index is -1.14. The first-order chi connectivity index (χ1) is 12.4. The number of aromatic carboxylic acids is 1. The fourth-order valence-electron chi connectivity index (χ4n) is 2.42. The molecule has 6 nitrogen and oxygen atoms in total. The van der Waals surface area contributed by atoms with Crippen LogP contribution in [0.15, 0.2) is 54.1 Å². The number of anilines is 1. The van der Waals surface area contributed by atoms with E-state index in [0.717, 1.165) is 4.90 Å². The summed E-state index contributed by atoms with van der Waals surface area (Å²) in [5.74, 6) is -2.45. The van der Waals surface area contributed by atoms with Crippen LogP contribution >= 0.6 is 23.8 Å². The predicted molar refractivity (Wildman–Crippen MR) is 101 cm³/mol. The average Bonchev–Trinajstić information content (AvgIpc) is 2.60. The van der Waals surface area contributed by atoms with Crippen molar-refractivity contribution in [2.75, 3.05) is 4.90 Å². The Morgan fingerprint density at radius 3 is 2.58 bits per heavy atom. The fraction of sp³-hybridized carbons (Fsp3) is 0. The van der Waals surface area contributed by atoms with Gasteiger partial charge in [0.15, 0.2) is 5.11 Å². The highest BCUT2D eigenvalue weighted by atomic mass is 35.5.